The van der Waals surface area contributed by atoms with Gasteiger partial charge in [0.05, 0.1) is 12.3 Å². The molecule has 0 fully saturated rings. The summed E-state index contributed by atoms with van der Waals surface area (Å²) in [4.78, 5) is 11.6. The molecule has 1 aromatic heterocycles. The van der Waals surface area contributed by atoms with E-state index in [0.717, 1.165) is 5.56 Å². The Labute approximate surface area is 122 Å². The molecule has 2 rings (SSSR count). The van der Waals surface area contributed by atoms with E-state index >= 15 is 0 Å². The van der Waals surface area contributed by atoms with Gasteiger partial charge in [-0.2, -0.15) is 0 Å². The largest absolute Gasteiger partial charge is 0.459 e. The third-order valence-electron chi connectivity index (χ3n) is 2.68. The number of rotatable bonds is 3. The lowest BCUT2D eigenvalue weighted by Gasteiger charge is -2.17. The Hall–Kier alpha value is -2.34. The fourth-order valence-electron chi connectivity index (χ4n) is 1.64. The molecule has 0 spiro atoms. The third kappa shape index (κ3) is 3.83. The fourth-order valence-corrected chi connectivity index (χ4v) is 1.87. The highest BCUT2D eigenvalue weighted by Gasteiger charge is 2.09. The van der Waals surface area contributed by atoms with Gasteiger partial charge in [0, 0.05) is 0 Å². The Morgan fingerprint density at radius 3 is 2.55 bits per heavy atom. The number of benzene rings is 1. The van der Waals surface area contributed by atoms with Crippen molar-refractivity contribution in [3.63, 3.8) is 0 Å². The van der Waals surface area contributed by atoms with Gasteiger partial charge in [-0.15, -0.1) is 0 Å². The minimum atomic E-state index is -0.383. The Morgan fingerprint density at radius 1 is 1.15 bits per heavy atom. The van der Waals surface area contributed by atoms with Crippen molar-refractivity contribution >= 4 is 23.2 Å². The molecule has 5 nitrogen and oxygen atoms in total. The number of nitrogens with one attached hydrogen (secondary N) is 3. The Morgan fingerprint density at radius 2 is 1.90 bits per heavy atom. The van der Waals surface area contributed by atoms with Crippen molar-refractivity contribution in [2.75, 3.05) is 0 Å². The molecule has 6 heteroatoms. The normalized spacial score (nSPS) is 11.4. The molecule has 0 aliphatic heterocycles. The number of hydrazine groups is 1. The van der Waals surface area contributed by atoms with Gasteiger partial charge in [0.25, 0.3) is 0 Å². The molecule has 0 saturated carbocycles. The summed E-state index contributed by atoms with van der Waals surface area (Å²) in [6, 6.07) is 13.1. The number of carbonyl (C=O) groups excluding carboxylic acids is 1. The summed E-state index contributed by atoms with van der Waals surface area (Å²) < 4.78 is 4.96. The standard InChI is InChI=1S/C14H15N3O2S/c1-10(11-6-3-2-4-7-11)15-14(20)17-16-13(18)12-8-5-9-19-12/h2-10H,1H3,(H,16,18)(H2,15,17,20)/t10-/m1/s1. The van der Waals surface area contributed by atoms with E-state index in [1.807, 2.05) is 37.3 Å². The van der Waals surface area contributed by atoms with Crippen LogP contribution < -0.4 is 16.2 Å². The average Bonchev–Trinajstić information content (AvgIpc) is 3.00. The highest BCUT2D eigenvalue weighted by Crippen LogP contribution is 2.10. The van der Waals surface area contributed by atoms with E-state index in [2.05, 4.69) is 16.2 Å². The van der Waals surface area contributed by atoms with Gasteiger partial charge in [-0.25, -0.2) is 0 Å². The van der Waals surface area contributed by atoms with Gasteiger partial charge in [0.1, 0.15) is 0 Å². The molecular weight excluding hydrogens is 274 g/mol. The lowest BCUT2D eigenvalue weighted by molar-refractivity contribution is 0.0915. The van der Waals surface area contributed by atoms with E-state index in [-0.39, 0.29) is 17.7 Å². The maximum atomic E-state index is 11.6. The number of amides is 1. The minimum Gasteiger partial charge on any atom is -0.459 e. The molecule has 104 valence electrons. The Kier molecular flexibility index (Phi) is 4.73. The molecule has 0 unspecified atom stereocenters. The van der Waals surface area contributed by atoms with Crippen LogP contribution in [0.1, 0.15) is 29.1 Å². The minimum absolute atomic E-state index is 0.0386. The third-order valence-corrected chi connectivity index (χ3v) is 2.90. The first-order valence-corrected chi connectivity index (χ1v) is 6.53. The van der Waals surface area contributed by atoms with Gasteiger partial charge < -0.3 is 9.73 Å². The van der Waals surface area contributed by atoms with Crippen LogP contribution in [0.25, 0.3) is 0 Å². The van der Waals surface area contributed by atoms with E-state index in [4.69, 9.17) is 16.6 Å². The van der Waals surface area contributed by atoms with Crippen LogP contribution in [0.3, 0.4) is 0 Å². The zero-order valence-corrected chi connectivity index (χ0v) is 11.7. The lowest BCUT2D eigenvalue weighted by atomic mass is 10.1. The molecule has 0 bridgehead atoms. The van der Waals surface area contributed by atoms with E-state index in [1.165, 1.54) is 6.26 Å². The molecule has 0 radical (unpaired) electrons. The second kappa shape index (κ2) is 6.72. The van der Waals surface area contributed by atoms with Crippen molar-refractivity contribution < 1.29 is 9.21 Å². The van der Waals surface area contributed by atoms with Gasteiger partial charge in [-0.05, 0) is 36.8 Å². The van der Waals surface area contributed by atoms with E-state index in [0.29, 0.717) is 5.11 Å². The predicted octanol–water partition coefficient (Wildman–Crippen LogP) is 2.15. The topological polar surface area (TPSA) is 66.3 Å². The summed E-state index contributed by atoms with van der Waals surface area (Å²) in [7, 11) is 0. The number of thiocarbonyl (C=S) groups is 1. The first-order valence-electron chi connectivity index (χ1n) is 6.12. The molecule has 1 amide bonds. The van der Waals surface area contributed by atoms with Crippen molar-refractivity contribution in [1.82, 2.24) is 16.2 Å². The summed E-state index contributed by atoms with van der Waals surface area (Å²) in [5, 5.41) is 3.41. The highest BCUT2D eigenvalue weighted by atomic mass is 32.1. The Bertz CT molecular complexity index is 569. The van der Waals surface area contributed by atoms with Gasteiger partial charge in [-0.3, -0.25) is 15.6 Å². The summed E-state index contributed by atoms with van der Waals surface area (Å²) in [6.07, 6.45) is 1.43. The first-order chi connectivity index (χ1) is 9.66. The zero-order chi connectivity index (χ0) is 14.4. The lowest BCUT2D eigenvalue weighted by Crippen LogP contribution is -2.47. The van der Waals surface area contributed by atoms with Crippen LogP contribution in [0.4, 0.5) is 0 Å². The predicted molar refractivity (Wildman–Crippen MR) is 79.9 cm³/mol. The van der Waals surface area contributed by atoms with Crippen molar-refractivity contribution in [2.45, 2.75) is 13.0 Å². The quantitative estimate of drug-likeness (QED) is 0.597. The SMILES string of the molecule is C[C@@H](NC(=S)NNC(=O)c1ccco1)c1ccccc1. The number of hydrogen-bond donors (Lipinski definition) is 3. The highest BCUT2D eigenvalue weighted by molar-refractivity contribution is 7.80. The number of furan rings is 1. The second-order valence-electron chi connectivity index (χ2n) is 4.16. The molecule has 1 aromatic carbocycles. The molecule has 2 aromatic rings. The monoisotopic (exact) mass is 289 g/mol. The van der Waals surface area contributed by atoms with Crippen LogP contribution >= 0.6 is 12.2 Å². The van der Waals surface area contributed by atoms with Crippen LogP contribution in [0.15, 0.2) is 53.1 Å². The van der Waals surface area contributed by atoms with Crippen LogP contribution in [-0.2, 0) is 0 Å². The van der Waals surface area contributed by atoms with Crippen molar-refractivity contribution in [3.05, 3.63) is 60.1 Å². The second-order valence-corrected chi connectivity index (χ2v) is 4.57. The maximum absolute atomic E-state index is 11.6. The van der Waals surface area contributed by atoms with E-state index in [9.17, 15) is 4.79 Å². The van der Waals surface area contributed by atoms with Crippen LogP contribution in [-0.4, -0.2) is 11.0 Å². The van der Waals surface area contributed by atoms with Crippen LogP contribution in [0.2, 0.25) is 0 Å². The molecule has 3 N–H and O–H groups in total. The van der Waals surface area contributed by atoms with Gasteiger partial charge in [0.15, 0.2) is 10.9 Å². The molecule has 0 saturated heterocycles. The smallest absolute Gasteiger partial charge is 0.305 e. The molecule has 20 heavy (non-hydrogen) atoms. The van der Waals surface area contributed by atoms with E-state index in [1.54, 1.807) is 12.1 Å². The van der Waals surface area contributed by atoms with Gasteiger partial charge in [-0.1, -0.05) is 30.3 Å². The fraction of sp³-hybridized carbons (Fsp3) is 0.143. The molecule has 1 atom stereocenters. The number of carbonyl (C=O) groups is 1. The van der Waals surface area contributed by atoms with Gasteiger partial charge >= 0.3 is 5.91 Å². The Balaban J connectivity index is 1.80. The maximum Gasteiger partial charge on any atom is 0.305 e. The summed E-state index contributed by atoms with van der Waals surface area (Å²) in [5.41, 5.74) is 6.19. The van der Waals surface area contributed by atoms with Crippen molar-refractivity contribution in [3.8, 4) is 0 Å². The van der Waals surface area contributed by atoms with E-state index < -0.39 is 0 Å². The number of hydrogen-bond acceptors (Lipinski definition) is 3. The average molecular weight is 289 g/mol. The summed E-state index contributed by atoms with van der Waals surface area (Å²) in [5.74, 6) is -0.164. The summed E-state index contributed by atoms with van der Waals surface area (Å²) in [6.45, 7) is 1.98. The molecule has 1 heterocycles. The van der Waals surface area contributed by atoms with Gasteiger partial charge in [0.2, 0.25) is 0 Å². The zero-order valence-electron chi connectivity index (χ0n) is 10.9. The van der Waals surface area contributed by atoms with Crippen LogP contribution in [0.5, 0.6) is 0 Å². The van der Waals surface area contributed by atoms with Crippen LogP contribution in [0, 0.1) is 0 Å². The molecule has 0 aliphatic carbocycles. The molecule has 0 aliphatic rings. The van der Waals surface area contributed by atoms with Crippen molar-refractivity contribution in [2.24, 2.45) is 0 Å². The summed E-state index contributed by atoms with van der Waals surface area (Å²) >= 11 is 5.11. The first kappa shape index (κ1) is 14.1. The molecular formula is C14H15N3O2S. The van der Waals surface area contributed by atoms with Crippen molar-refractivity contribution in [1.29, 1.82) is 0 Å².